The maximum Gasteiger partial charge on any atom is -0.00576 e. The third-order valence-corrected chi connectivity index (χ3v) is 4.69. The van der Waals surface area contributed by atoms with Gasteiger partial charge in [0.05, 0.1) is 0 Å². The molecule has 1 aliphatic rings. The number of unbranched alkanes of at least 4 members (excludes halogenated alkanes) is 1. The smallest absolute Gasteiger partial charge is 0.00576 e. The number of rotatable bonds is 5. The van der Waals surface area contributed by atoms with Crippen LogP contribution in [0.4, 0.5) is 0 Å². The fourth-order valence-electron chi connectivity index (χ4n) is 3.48. The number of hydrogen-bond acceptors (Lipinski definition) is 0. The van der Waals surface area contributed by atoms with E-state index < -0.39 is 0 Å². The number of hydrogen-bond donors (Lipinski definition) is 0. The molecule has 0 unspecified atom stereocenters. The Morgan fingerprint density at radius 1 is 0.955 bits per heavy atom. The molecule has 0 aliphatic heterocycles. The molecule has 114 valence electrons. The first-order valence-corrected chi connectivity index (χ1v) is 8.61. The molecule has 22 heavy (non-hydrogen) atoms. The van der Waals surface area contributed by atoms with Crippen molar-refractivity contribution in [2.24, 2.45) is 0 Å². The lowest BCUT2D eigenvalue weighted by atomic mass is 9.89. The van der Waals surface area contributed by atoms with Gasteiger partial charge in [-0.05, 0) is 53.0 Å². The summed E-state index contributed by atoms with van der Waals surface area (Å²) in [6, 6.07) is 15.7. The van der Waals surface area contributed by atoms with Crippen molar-refractivity contribution < 1.29 is 0 Å². The van der Waals surface area contributed by atoms with Gasteiger partial charge in [0.25, 0.3) is 0 Å². The van der Waals surface area contributed by atoms with Gasteiger partial charge in [-0.2, -0.15) is 0 Å². The van der Waals surface area contributed by atoms with Gasteiger partial charge in [0.1, 0.15) is 0 Å². The zero-order valence-electron chi connectivity index (χ0n) is 14.0. The minimum Gasteiger partial charge on any atom is -0.0654 e. The predicted octanol–water partition coefficient (Wildman–Crippen LogP) is 6.61. The second kappa shape index (κ2) is 6.52. The molecule has 0 fully saturated rings. The van der Waals surface area contributed by atoms with Crippen LogP contribution in [0.2, 0.25) is 0 Å². The van der Waals surface area contributed by atoms with Gasteiger partial charge in [-0.25, -0.2) is 0 Å². The van der Waals surface area contributed by atoms with Gasteiger partial charge in [-0.1, -0.05) is 81.3 Å². The molecule has 0 heterocycles. The predicted molar refractivity (Wildman–Crippen MR) is 97.2 cm³/mol. The summed E-state index contributed by atoms with van der Waals surface area (Å²) in [5.74, 6) is 0.553. The summed E-state index contributed by atoms with van der Waals surface area (Å²) in [5, 5.41) is 0. The molecule has 0 nitrogen and oxygen atoms in total. The van der Waals surface area contributed by atoms with Crippen LogP contribution < -0.4 is 0 Å². The van der Waals surface area contributed by atoms with E-state index >= 15 is 0 Å². The van der Waals surface area contributed by atoms with Crippen LogP contribution >= 0.6 is 0 Å². The number of fused-ring (bicyclic) bond motifs is 1. The third-order valence-electron chi connectivity index (χ3n) is 4.69. The van der Waals surface area contributed by atoms with Gasteiger partial charge in [-0.15, -0.1) is 0 Å². The van der Waals surface area contributed by atoms with E-state index in [1.54, 1.807) is 5.57 Å². The molecule has 0 spiro atoms. The van der Waals surface area contributed by atoms with E-state index in [0.717, 1.165) is 6.42 Å². The minimum atomic E-state index is 0.553. The highest BCUT2D eigenvalue weighted by Crippen LogP contribution is 2.38. The highest BCUT2D eigenvalue weighted by atomic mass is 14.2. The molecule has 1 aliphatic carbocycles. The van der Waals surface area contributed by atoms with Crippen molar-refractivity contribution in [3.63, 3.8) is 0 Å². The lowest BCUT2D eigenvalue weighted by Crippen LogP contribution is -1.94. The molecule has 2 aromatic rings. The van der Waals surface area contributed by atoms with Gasteiger partial charge in [0.2, 0.25) is 0 Å². The van der Waals surface area contributed by atoms with Crippen LogP contribution in [0.15, 0.2) is 48.0 Å². The molecule has 0 amide bonds. The van der Waals surface area contributed by atoms with Crippen LogP contribution in [0.25, 0.3) is 17.2 Å². The zero-order valence-corrected chi connectivity index (χ0v) is 14.0. The number of allylic oxidation sites excluding steroid dienone is 1. The standard InChI is InChI=1S/C22H26/c1-4-5-9-17-14-18-10-8-13-21(22(18)15-17)20-12-7-6-11-19(20)16(2)3/h6-8,10-13,15-16H,4-5,9,14H2,1-3H3. The third kappa shape index (κ3) is 2.88. The normalized spacial score (nSPS) is 13.4. The van der Waals surface area contributed by atoms with Crippen molar-refractivity contribution in [1.29, 1.82) is 0 Å². The molecule has 0 bridgehead atoms. The van der Waals surface area contributed by atoms with Crippen LogP contribution in [0.3, 0.4) is 0 Å². The molecule has 0 atom stereocenters. The topological polar surface area (TPSA) is 0 Å². The first kappa shape index (κ1) is 15.1. The van der Waals surface area contributed by atoms with E-state index in [-0.39, 0.29) is 0 Å². The Balaban J connectivity index is 2.05. The Kier molecular flexibility index (Phi) is 4.47. The first-order valence-electron chi connectivity index (χ1n) is 8.61. The van der Waals surface area contributed by atoms with Crippen LogP contribution in [0.5, 0.6) is 0 Å². The molecule has 0 radical (unpaired) electrons. The summed E-state index contributed by atoms with van der Waals surface area (Å²) in [6.45, 7) is 6.84. The average molecular weight is 290 g/mol. The minimum absolute atomic E-state index is 0.553. The second-order valence-electron chi connectivity index (χ2n) is 6.70. The fraction of sp³-hybridized carbons (Fsp3) is 0.364. The van der Waals surface area contributed by atoms with Crippen molar-refractivity contribution >= 4 is 6.08 Å². The molecular weight excluding hydrogens is 264 g/mol. The van der Waals surface area contributed by atoms with E-state index in [2.05, 4.69) is 69.3 Å². The van der Waals surface area contributed by atoms with Crippen LogP contribution in [-0.2, 0) is 6.42 Å². The maximum atomic E-state index is 2.46. The zero-order chi connectivity index (χ0) is 15.5. The molecule has 0 heteroatoms. The van der Waals surface area contributed by atoms with Gasteiger partial charge < -0.3 is 0 Å². The van der Waals surface area contributed by atoms with Crippen LogP contribution in [-0.4, -0.2) is 0 Å². The summed E-state index contributed by atoms with van der Waals surface area (Å²) >= 11 is 0. The van der Waals surface area contributed by atoms with Crippen molar-refractivity contribution in [2.75, 3.05) is 0 Å². The lowest BCUT2D eigenvalue weighted by Gasteiger charge is -2.15. The summed E-state index contributed by atoms with van der Waals surface area (Å²) < 4.78 is 0. The summed E-state index contributed by atoms with van der Waals surface area (Å²) in [5.41, 5.74) is 8.83. The van der Waals surface area contributed by atoms with Crippen molar-refractivity contribution in [1.82, 2.24) is 0 Å². The van der Waals surface area contributed by atoms with Crippen molar-refractivity contribution in [3.05, 3.63) is 64.7 Å². The summed E-state index contributed by atoms with van der Waals surface area (Å²) in [7, 11) is 0. The molecule has 0 saturated carbocycles. The van der Waals surface area contributed by atoms with Gasteiger partial charge in [0.15, 0.2) is 0 Å². The van der Waals surface area contributed by atoms with E-state index in [1.807, 2.05) is 0 Å². The van der Waals surface area contributed by atoms with Crippen LogP contribution in [0.1, 0.15) is 62.6 Å². The lowest BCUT2D eigenvalue weighted by molar-refractivity contribution is 0.779. The average Bonchev–Trinajstić information content (AvgIpc) is 2.95. The largest absolute Gasteiger partial charge is 0.0654 e. The van der Waals surface area contributed by atoms with E-state index in [1.165, 1.54) is 47.1 Å². The summed E-state index contributed by atoms with van der Waals surface area (Å²) in [6.07, 6.45) is 7.43. The molecule has 0 saturated heterocycles. The van der Waals surface area contributed by atoms with Gasteiger partial charge in [-0.3, -0.25) is 0 Å². The maximum absolute atomic E-state index is 2.46. The van der Waals surface area contributed by atoms with Crippen molar-refractivity contribution in [2.45, 2.75) is 52.4 Å². The highest BCUT2D eigenvalue weighted by Gasteiger charge is 2.18. The Bertz CT molecular complexity index is 689. The summed E-state index contributed by atoms with van der Waals surface area (Å²) in [4.78, 5) is 0. The molecule has 0 N–H and O–H groups in total. The second-order valence-corrected chi connectivity index (χ2v) is 6.70. The molecule has 2 aromatic carbocycles. The first-order chi connectivity index (χ1) is 10.7. The Morgan fingerprint density at radius 2 is 1.73 bits per heavy atom. The Labute approximate surface area is 134 Å². The SMILES string of the molecule is CCCCC1=Cc2c(cccc2-c2ccccc2C(C)C)C1. The van der Waals surface area contributed by atoms with E-state index in [4.69, 9.17) is 0 Å². The monoisotopic (exact) mass is 290 g/mol. The molecular formula is C22H26. The Hall–Kier alpha value is -1.82. The van der Waals surface area contributed by atoms with Gasteiger partial charge in [0, 0.05) is 0 Å². The molecule has 3 rings (SSSR count). The van der Waals surface area contributed by atoms with Gasteiger partial charge >= 0.3 is 0 Å². The van der Waals surface area contributed by atoms with E-state index in [9.17, 15) is 0 Å². The fourth-order valence-corrected chi connectivity index (χ4v) is 3.48. The number of benzene rings is 2. The molecule has 0 aromatic heterocycles. The quantitative estimate of drug-likeness (QED) is 0.581. The van der Waals surface area contributed by atoms with Crippen LogP contribution in [0, 0.1) is 0 Å². The Morgan fingerprint density at radius 3 is 2.50 bits per heavy atom. The van der Waals surface area contributed by atoms with Crippen molar-refractivity contribution in [3.8, 4) is 11.1 Å². The van der Waals surface area contributed by atoms with E-state index in [0.29, 0.717) is 5.92 Å². The highest BCUT2D eigenvalue weighted by molar-refractivity contribution is 5.82.